The molecule has 0 aromatic heterocycles. The van der Waals surface area contributed by atoms with Crippen LogP contribution in [0.3, 0.4) is 0 Å². The lowest BCUT2D eigenvalue weighted by molar-refractivity contribution is 0.415. The number of likely N-dealkylation sites (N-methyl/N-ethyl adjacent to an activating group) is 1. The fourth-order valence-corrected chi connectivity index (χ4v) is 4.08. The first kappa shape index (κ1) is 17.3. The molecule has 0 radical (unpaired) electrons. The molecule has 0 amide bonds. The first-order valence-corrected chi connectivity index (χ1v) is 8.96. The number of sulfonamides is 1. The second-order valence-electron chi connectivity index (χ2n) is 5.37. The van der Waals surface area contributed by atoms with Gasteiger partial charge in [0.25, 0.3) is 10.0 Å². The SMILES string of the molecule is CCN(CC)C1=NS(=O)(=O)C(N(C)C)=C1c1ccc(OC)cc1. The van der Waals surface area contributed by atoms with E-state index in [-0.39, 0.29) is 5.03 Å². The van der Waals surface area contributed by atoms with Gasteiger partial charge in [-0.2, -0.15) is 8.42 Å². The summed E-state index contributed by atoms with van der Waals surface area (Å²) < 4.78 is 34.2. The largest absolute Gasteiger partial charge is 0.497 e. The summed E-state index contributed by atoms with van der Waals surface area (Å²) in [7, 11) is 1.35. The average molecular weight is 337 g/mol. The van der Waals surface area contributed by atoms with Crippen LogP contribution in [0.15, 0.2) is 33.7 Å². The molecule has 1 aromatic carbocycles. The van der Waals surface area contributed by atoms with Crippen LogP contribution in [0.2, 0.25) is 0 Å². The molecule has 1 aromatic rings. The van der Waals surface area contributed by atoms with Crippen molar-refractivity contribution in [1.82, 2.24) is 9.80 Å². The minimum atomic E-state index is -3.69. The number of methoxy groups -OCH3 is 1. The van der Waals surface area contributed by atoms with Crippen LogP contribution < -0.4 is 4.74 Å². The van der Waals surface area contributed by atoms with E-state index in [0.29, 0.717) is 24.5 Å². The number of benzene rings is 1. The maximum absolute atomic E-state index is 12.5. The zero-order chi connectivity index (χ0) is 17.2. The zero-order valence-corrected chi connectivity index (χ0v) is 15.0. The van der Waals surface area contributed by atoms with E-state index < -0.39 is 10.0 Å². The highest BCUT2D eigenvalue weighted by Gasteiger charge is 2.36. The summed E-state index contributed by atoms with van der Waals surface area (Å²) in [6.45, 7) is 5.34. The highest BCUT2D eigenvalue weighted by Crippen LogP contribution is 2.34. The number of hydrogen-bond donors (Lipinski definition) is 0. The molecule has 0 unspecified atom stereocenters. The van der Waals surface area contributed by atoms with E-state index in [1.54, 1.807) is 26.1 Å². The molecule has 0 N–H and O–H groups in total. The molecule has 0 aliphatic carbocycles. The summed E-state index contributed by atoms with van der Waals surface area (Å²) >= 11 is 0. The number of hydrogen-bond acceptors (Lipinski definition) is 5. The van der Waals surface area contributed by atoms with Crippen molar-refractivity contribution < 1.29 is 13.2 Å². The normalized spacial score (nSPS) is 16.3. The summed E-state index contributed by atoms with van der Waals surface area (Å²) in [4.78, 5) is 3.56. The van der Waals surface area contributed by atoms with Gasteiger partial charge >= 0.3 is 0 Å². The number of rotatable bonds is 5. The second kappa shape index (κ2) is 6.62. The molecule has 126 valence electrons. The lowest BCUT2D eigenvalue weighted by atomic mass is 10.0. The molecule has 1 aliphatic heterocycles. The molecule has 0 atom stereocenters. The fraction of sp³-hybridized carbons (Fsp3) is 0.438. The smallest absolute Gasteiger partial charge is 0.300 e. The Labute approximate surface area is 138 Å². The maximum Gasteiger partial charge on any atom is 0.300 e. The molecule has 0 saturated heterocycles. The Morgan fingerprint density at radius 1 is 1.09 bits per heavy atom. The minimum absolute atomic E-state index is 0.226. The third-order valence-electron chi connectivity index (χ3n) is 3.74. The monoisotopic (exact) mass is 337 g/mol. The van der Waals surface area contributed by atoms with Gasteiger partial charge in [-0.05, 0) is 31.5 Å². The quantitative estimate of drug-likeness (QED) is 0.822. The first-order valence-electron chi connectivity index (χ1n) is 7.52. The third-order valence-corrected chi connectivity index (χ3v) is 5.21. The van der Waals surface area contributed by atoms with Gasteiger partial charge in [-0.25, -0.2) is 0 Å². The van der Waals surface area contributed by atoms with Gasteiger partial charge in [-0.15, -0.1) is 4.40 Å². The van der Waals surface area contributed by atoms with Gasteiger partial charge < -0.3 is 14.5 Å². The number of ether oxygens (including phenoxy) is 1. The van der Waals surface area contributed by atoms with Crippen LogP contribution in [0.1, 0.15) is 19.4 Å². The molecule has 23 heavy (non-hydrogen) atoms. The van der Waals surface area contributed by atoms with Gasteiger partial charge in [0.1, 0.15) is 5.75 Å². The average Bonchev–Trinajstić information content (AvgIpc) is 2.80. The highest BCUT2D eigenvalue weighted by atomic mass is 32.2. The van der Waals surface area contributed by atoms with Crippen molar-refractivity contribution in [2.24, 2.45) is 4.40 Å². The standard InChI is InChI=1S/C16H23N3O3S/c1-6-19(7-2)15-14(12-8-10-13(22-5)11-9-12)16(18(3)4)23(20,21)17-15/h8-11H,6-7H2,1-5H3. The van der Waals surface area contributed by atoms with Crippen LogP contribution >= 0.6 is 0 Å². The summed E-state index contributed by atoms with van der Waals surface area (Å²) in [6.07, 6.45) is 0. The summed E-state index contributed by atoms with van der Waals surface area (Å²) in [5.41, 5.74) is 1.45. The van der Waals surface area contributed by atoms with Gasteiger partial charge in [0.2, 0.25) is 0 Å². The Morgan fingerprint density at radius 3 is 2.09 bits per heavy atom. The van der Waals surface area contributed by atoms with Crippen LogP contribution in [-0.4, -0.2) is 58.3 Å². The number of nitrogens with zero attached hydrogens (tertiary/aromatic N) is 3. The highest BCUT2D eigenvalue weighted by molar-refractivity contribution is 7.94. The number of amidine groups is 1. The van der Waals surface area contributed by atoms with Crippen LogP contribution in [0.5, 0.6) is 5.75 Å². The first-order chi connectivity index (χ1) is 10.9. The Kier molecular flexibility index (Phi) is 4.99. The van der Waals surface area contributed by atoms with Gasteiger partial charge in [-0.3, -0.25) is 0 Å². The predicted octanol–water partition coefficient (Wildman–Crippen LogP) is 2.01. The van der Waals surface area contributed by atoms with Gasteiger partial charge in [-0.1, -0.05) is 12.1 Å². The molecule has 6 nitrogen and oxygen atoms in total. The molecule has 0 saturated carbocycles. The van der Waals surface area contributed by atoms with Crippen LogP contribution in [-0.2, 0) is 10.0 Å². The van der Waals surface area contributed by atoms with E-state index in [2.05, 4.69) is 4.40 Å². The molecule has 1 aliphatic rings. The topological polar surface area (TPSA) is 62.2 Å². The predicted molar refractivity (Wildman–Crippen MR) is 92.9 cm³/mol. The van der Waals surface area contributed by atoms with E-state index >= 15 is 0 Å². The second-order valence-corrected chi connectivity index (χ2v) is 6.88. The Bertz CT molecular complexity index is 730. The summed E-state index contributed by atoms with van der Waals surface area (Å²) in [5, 5.41) is 0.226. The van der Waals surface area contributed by atoms with E-state index in [1.807, 2.05) is 43.0 Å². The van der Waals surface area contributed by atoms with Gasteiger partial charge in [0, 0.05) is 27.2 Å². The molecule has 1 heterocycles. The van der Waals surface area contributed by atoms with Crippen LogP contribution in [0.4, 0.5) is 0 Å². The zero-order valence-electron chi connectivity index (χ0n) is 14.2. The van der Waals surface area contributed by atoms with Gasteiger partial charge in [0.15, 0.2) is 10.9 Å². The molecule has 0 spiro atoms. The summed E-state index contributed by atoms with van der Waals surface area (Å²) in [5.74, 6) is 1.23. The van der Waals surface area contributed by atoms with Crippen molar-refractivity contribution in [3.8, 4) is 5.75 Å². The van der Waals surface area contributed by atoms with E-state index in [0.717, 1.165) is 11.3 Å². The third kappa shape index (κ3) is 3.19. The van der Waals surface area contributed by atoms with Crippen LogP contribution in [0, 0.1) is 0 Å². The van der Waals surface area contributed by atoms with Crippen molar-refractivity contribution in [1.29, 1.82) is 0 Å². The lowest BCUT2D eigenvalue weighted by Crippen LogP contribution is -2.31. The van der Waals surface area contributed by atoms with Gasteiger partial charge in [0.05, 0.1) is 12.7 Å². The molecular formula is C16H23N3O3S. The van der Waals surface area contributed by atoms with Crippen molar-refractivity contribution >= 4 is 21.4 Å². The van der Waals surface area contributed by atoms with Crippen molar-refractivity contribution in [3.63, 3.8) is 0 Å². The maximum atomic E-state index is 12.5. The molecule has 0 fully saturated rings. The molecule has 0 bridgehead atoms. The summed E-state index contributed by atoms with van der Waals surface area (Å²) in [6, 6.07) is 7.36. The Balaban J connectivity index is 2.68. The van der Waals surface area contributed by atoms with E-state index in [4.69, 9.17) is 4.74 Å². The van der Waals surface area contributed by atoms with E-state index in [9.17, 15) is 8.42 Å². The van der Waals surface area contributed by atoms with E-state index in [1.165, 1.54) is 0 Å². The fourth-order valence-electron chi connectivity index (χ4n) is 2.63. The molecular weight excluding hydrogens is 314 g/mol. The molecule has 7 heteroatoms. The van der Waals surface area contributed by atoms with Crippen molar-refractivity contribution in [2.75, 3.05) is 34.3 Å². The lowest BCUT2D eigenvalue weighted by Gasteiger charge is -2.23. The Hall–Kier alpha value is -2.02. The van der Waals surface area contributed by atoms with Crippen molar-refractivity contribution in [2.45, 2.75) is 13.8 Å². The minimum Gasteiger partial charge on any atom is -0.497 e. The van der Waals surface area contributed by atoms with Crippen LogP contribution in [0.25, 0.3) is 5.57 Å². The Morgan fingerprint density at radius 2 is 1.65 bits per heavy atom. The molecule has 2 rings (SSSR count). The van der Waals surface area contributed by atoms with Crippen molar-refractivity contribution in [3.05, 3.63) is 34.9 Å².